The number of nitrogens with zero attached hydrogens (tertiary/aromatic N) is 1. The van der Waals surface area contributed by atoms with E-state index in [0.717, 1.165) is 25.7 Å². The van der Waals surface area contributed by atoms with Gasteiger partial charge < -0.3 is 0 Å². The zero-order valence-electron chi connectivity index (χ0n) is 7.38. The number of Topliss-reactive ketones (excluding diaryl/α,β-unsaturated/α-hetero) is 1. The van der Waals surface area contributed by atoms with Crippen LogP contribution in [0.2, 0.25) is 0 Å². The minimum atomic E-state index is 0.201. The van der Waals surface area contributed by atoms with E-state index >= 15 is 0 Å². The van der Waals surface area contributed by atoms with Crippen molar-refractivity contribution < 1.29 is 4.79 Å². The molecule has 1 unspecified atom stereocenters. The first-order valence-electron chi connectivity index (χ1n) is 4.74. The minimum Gasteiger partial charge on any atom is -0.299 e. The van der Waals surface area contributed by atoms with Gasteiger partial charge in [-0.15, -0.1) is 0 Å². The molecule has 0 bridgehead atoms. The van der Waals surface area contributed by atoms with E-state index in [1.807, 2.05) is 0 Å². The summed E-state index contributed by atoms with van der Waals surface area (Å²) < 4.78 is 0. The molecule has 0 aromatic carbocycles. The first-order valence-corrected chi connectivity index (χ1v) is 4.74. The van der Waals surface area contributed by atoms with E-state index in [4.69, 9.17) is 5.26 Å². The smallest absolute Gasteiger partial charge is 0.136 e. The van der Waals surface area contributed by atoms with Crippen LogP contribution in [0, 0.1) is 17.2 Å². The molecule has 1 atom stereocenters. The van der Waals surface area contributed by atoms with Gasteiger partial charge >= 0.3 is 0 Å². The molecule has 0 radical (unpaired) electrons. The highest BCUT2D eigenvalue weighted by molar-refractivity contribution is 5.81. The molecule has 0 N–H and O–H groups in total. The van der Waals surface area contributed by atoms with Crippen molar-refractivity contribution in [3.05, 3.63) is 0 Å². The first kappa shape index (κ1) is 9.25. The number of hydrogen-bond acceptors (Lipinski definition) is 2. The molecule has 0 aliphatic heterocycles. The van der Waals surface area contributed by atoms with Gasteiger partial charge in [0.15, 0.2) is 0 Å². The number of hydrogen-bond donors (Lipinski definition) is 0. The van der Waals surface area contributed by atoms with Crippen LogP contribution < -0.4 is 0 Å². The summed E-state index contributed by atoms with van der Waals surface area (Å²) in [4.78, 5) is 11.4. The molecule has 66 valence electrons. The third kappa shape index (κ3) is 2.65. The molecule has 1 rings (SSSR count). The van der Waals surface area contributed by atoms with Gasteiger partial charge in [-0.05, 0) is 19.3 Å². The third-order valence-corrected chi connectivity index (χ3v) is 2.54. The van der Waals surface area contributed by atoms with Crippen LogP contribution in [0.4, 0.5) is 0 Å². The number of carbonyl (C=O) groups excluding carboxylic acids is 1. The molecule has 12 heavy (non-hydrogen) atoms. The highest BCUT2D eigenvalue weighted by Crippen LogP contribution is 2.23. The maximum Gasteiger partial charge on any atom is 0.136 e. The molecule has 2 heteroatoms. The maximum absolute atomic E-state index is 11.4. The summed E-state index contributed by atoms with van der Waals surface area (Å²) in [5.74, 6) is 0.592. The van der Waals surface area contributed by atoms with E-state index in [-0.39, 0.29) is 5.92 Å². The van der Waals surface area contributed by atoms with Gasteiger partial charge in [0.1, 0.15) is 5.78 Å². The molecule has 0 amide bonds. The predicted molar refractivity (Wildman–Crippen MR) is 46.4 cm³/mol. The van der Waals surface area contributed by atoms with Crippen molar-refractivity contribution >= 4 is 5.78 Å². The zero-order chi connectivity index (χ0) is 8.81. The standard InChI is InChI=1S/C10H15NO/c11-8-4-6-9-5-2-1-3-7-10(9)12/h9H,1-7H2. The lowest BCUT2D eigenvalue weighted by Crippen LogP contribution is -2.11. The van der Waals surface area contributed by atoms with Crippen LogP contribution in [0.15, 0.2) is 0 Å². The van der Waals surface area contributed by atoms with Crippen molar-refractivity contribution in [2.75, 3.05) is 0 Å². The fourth-order valence-corrected chi connectivity index (χ4v) is 1.78. The quantitative estimate of drug-likeness (QED) is 0.589. The van der Waals surface area contributed by atoms with E-state index in [1.165, 1.54) is 12.8 Å². The van der Waals surface area contributed by atoms with Crippen molar-refractivity contribution in [1.29, 1.82) is 5.26 Å². The Bertz CT molecular complexity index is 193. The highest BCUT2D eigenvalue weighted by Gasteiger charge is 2.19. The SMILES string of the molecule is N#CCCC1CCCCCC1=O. The second kappa shape index (κ2) is 4.92. The average Bonchev–Trinajstić information content (AvgIpc) is 2.27. The van der Waals surface area contributed by atoms with Gasteiger partial charge in [-0.1, -0.05) is 12.8 Å². The van der Waals surface area contributed by atoms with Crippen molar-refractivity contribution in [3.8, 4) is 6.07 Å². The molecule has 2 nitrogen and oxygen atoms in total. The van der Waals surface area contributed by atoms with Crippen LogP contribution in [-0.2, 0) is 4.79 Å². The Morgan fingerprint density at radius 2 is 2.25 bits per heavy atom. The van der Waals surface area contributed by atoms with E-state index in [0.29, 0.717) is 12.2 Å². The molecule has 0 heterocycles. The van der Waals surface area contributed by atoms with E-state index in [1.54, 1.807) is 0 Å². The van der Waals surface area contributed by atoms with Crippen LogP contribution in [0.1, 0.15) is 44.9 Å². The molecule has 0 aromatic rings. The van der Waals surface area contributed by atoms with Gasteiger partial charge in [-0.3, -0.25) is 4.79 Å². The van der Waals surface area contributed by atoms with Crippen LogP contribution in [0.3, 0.4) is 0 Å². The lowest BCUT2D eigenvalue weighted by molar-refractivity contribution is -0.122. The molecule has 1 fully saturated rings. The molecular formula is C10H15NO. The van der Waals surface area contributed by atoms with Crippen LogP contribution in [0.5, 0.6) is 0 Å². The average molecular weight is 165 g/mol. The minimum absolute atomic E-state index is 0.201. The van der Waals surface area contributed by atoms with Gasteiger partial charge in [-0.25, -0.2) is 0 Å². The van der Waals surface area contributed by atoms with Gasteiger partial charge in [-0.2, -0.15) is 5.26 Å². The third-order valence-electron chi connectivity index (χ3n) is 2.54. The van der Waals surface area contributed by atoms with Crippen LogP contribution in [-0.4, -0.2) is 5.78 Å². The van der Waals surface area contributed by atoms with Crippen molar-refractivity contribution in [2.24, 2.45) is 5.92 Å². The molecule has 0 spiro atoms. The molecule has 0 aromatic heterocycles. The number of carbonyl (C=O) groups is 1. The van der Waals surface area contributed by atoms with Gasteiger partial charge in [0.2, 0.25) is 0 Å². The predicted octanol–water partition coefficient (Wildman–Crippen LogP) is 2.44. The summed E-state index contributed by atoms with van der Waals surface area (Å²) >= 11 is 0. The fourth-order valence-electron chi connectivity index (χ4n) is 1.78. The van der Waals surface area contributed by atoms with E-state index in [9.17, 15) is 4.79 Å². The van der Waals surface area contributed by atoms with Gasteiger partial charge in [0.25, 0.3) is 0 Å². The second-order valence-electron chi connectivity index (χ2n) is 3.46. The Kier molecular flexibility index (Phi) is 3.79. The summed E-state index contributed by atoms with van der Waals surface area (Å²) in [6.45, 7) is 0. The number of ketones is 1. The van der Waals surface area contributed by atoms with Gasteiger partial charge in [0.05, 0.1) is 6.07 Å². The van der Waals surface area contributed by atoms with Crippen LogP contribution >= 0.6 is 0 Å². The highest BCUT2D eigenvalue weighted by atomic mass is 16.1. The lowest BCUT2D eigenvalue weighted by atomic mass is 9.94. The molecule has 0 saturated heterocycles. The maximum atomic E-state index is 11.4. The Morgan fingerprint density at radius 3 is 3.00 bits per heavy atom. The van der Waals surface area contributed by atoms with Crippen molar-refractivity contribution in [2.45, 2.75) is 44.9 Å². The summed E-state index contributed by atoms with van der Waals surface area (Å²) in [6.07, 6.45) is 6.50. The van der Waals surface area contributed by atoms with Crippen molar-refractivity contribution in [3.63, 3.8) is 0 Å². The monoisotopic (exact) mass is 165 g/mol. The normalized spacial score (nSPS) is 24.6. The Hall–Kier alpha value is -0.840. The lowest BCUT2D eigenvalue weighted by Gasteiger charge is -2.09. The number of rotatable bonds is 2. The van der Waals surface area contributed by atoms with Crippen molar-refractivity contribution in [1.82, 2.24) is 0 Å². The van der Waals surface area contributed by atoms with E-state index in [2.05, 4.69) is 6.07 Å². The summed E-state index contributed by atoms with van der Waals surface area (Å²) in [5.41, 5.74) is 0. The molecule has 1 aliphatic rings. The molecule has 1 aliphatic carbocycles. The topological polar surface area (TPSA) is 40.9 Å². The zero-order valence-corrected chi connectivity index (χ0v) is 7.38. The number of nitriles is 1. The van der Waals surface area contributed by atoms with Gasteiger partial charge in [0, 0.05) is 18.8 Å². The summed E-state index contributed by atoms with van der Waals surface area (Å²) in [5, 5.41) is 8.39. The Labute approximate surface area is 73.6 Å². The van der Waals surface area contributed by atoms with E-state index < -0.39 is 0 Å². The second-order valence-corrected chi connectivity index (χ2v) is 3.46. The summed E-state index contributed by atoms with van der Waals surface area (Å²) in [7, 11) is 0. The Balaban J connectivity index is 2.38. The Morgan fingerprint density at radius 1 is 1.42 bits per heavy atom. The largest absolute Gasteiger partial charge is 0.299 e. The molecule has 1 saturated carbocycles. The molecular weight excluding hydrogens is 150 g/mol. The fraction of sp³-hybridized carbons (Fsp3) is 0.800. The van der Waals surface area contributed by atoms with Crippen LogP contribution in [0.25, 0.3) is 0 Å². The summed E-state index contributed by atoms with van der Waals surface area (Å²) in [6, 6.07) is 2.10. The first-order chi connectivity index (χ1) is 5.84.